The number of methoxy groups -OCH3 is 2. The van der Waals surface area contributed by atoms with Crippen LogP contribution in [0.25, 0.3) is 0 Å². The summed E-state index contributed by atoms with van der Waals surface area (Å²) < 4.78 is 35.0. The molecular formula is C10H20N2O6S. The lowest BCUT2D eigenvalue weighted by Gasteiger charge is -2.28. The van der Waals surface area contributed by atoms with Crippen LogP contribution in [0.5, 0.6) is 0 Å². The van der Waals surface area contributed by atoms with E-state index in [1.165, 1.54) is 7.05 Å². The van der Waals surface area contributed by atoms with E-state index in [9.17, 15) is 18.0 Å². The van der Waals surface area contributed by atoms with E-state index in [2.05, 4.69) is 9.47 Å². The number of carbonyl (C=O) groups is 2. The highest BCUT2D eigenvalue weighted by molar-refractivity contribution is 7.86. The van der Waals surface area contributed by atoms with E-state index in [0.717, 1.165) is 18.5 Å². The molecule has 0 aliphatic heterocycles. The van der Waals surface area contributed by atoms with Gasteiger partial charge >= 0.3 is 11.9 Å². The third-order valence-electron chi connectivity index (χ3n) is 2.48. The quantitative estimate of drug-likeness (QED) is 0.572. The normalized spacial score (nSPS) is 12.0. The highest BCUT2D eigenvalue weighted by atomic mass is 32.2. The first-order chi connectivity index (χ1) is 8.66. The zero-order valence-corrected chi connectivity index (χ0v) is 12.6. The summed E-state index contributed by atoms with van der Waals surface area (Å²) in [6.45, 7) is 2.24. The van der Waals surface area contributed by atoms with Crippen LogP contribution in [0.1, 0.15) is 13.8 Å². The van der Waals surface area contributed by atoms with Gasteiger partial charge in [-0.25, -0.2) is 0 Å². The number of nitrogens with zero attached hydrogens (tertiary/aromatic N) is 2. The van der Waals surface area contributed by atoms with Gasteiger partial charge in [0.2, 0.25) is 0 Å². The van der Waals surface area contributed by atoms with E-state index in [4.69, 9.17) is 0 Å². The Bertz CT molecular complexity index is 402. The van der Waals surface area contributed by atoms with Crippen LogP contribution in [0.2, 0.25) is 0 Å². The predicted octanol–water partition coefficient (Wildman–Crippen LogP) is -0.781. The SMILES string of the molecule is COC(=O)CN(CC(=O)OC)S(=O)(=O)N(C)C(C)C. The van der Waals surface area contributed by atoms with Gasteiger partial charge in [-0.2, -0.15) is 17.0 Å². The summed E-state index contributed by atoms with van der Waals surface area (Å²) in [7, 11) is -0.310. The first-order valence-corrected chi connectivity index (χ1v) is 6.93. The minimum Gasteiger partial charge on any atom is -0.468 e. The van der Waals surface area contributed by atoms with E-state index >= 15 is 0 Å². The molecule has 0 fully saturated rings. The number of hydrogen-bond acceptors (Lipinski definition) is 6. The lowest BCUT2D eigenvalue weighted by Crippen LogP contribution is -2.48. The van der Waals surface area contributed by atoms with Crippen molar-refractivity contribution in [1.29, 1.82) is 0 Å². The molecule has 0 amide bonds. The lowest BCUT2D eigenvalue weighted by molar-refractivity contribution is -0.143. The molecule has 0 unspecified atom stereocenters. The number of esters is 2. The number of rotatable bonds is 7. The van der Waals surface area contributed by atoms with Crippen molar-refractivity contribution in [2.24, 2.45) is 0 Å². The third-order valence-corrected chi connectivity index (χ3v) is 4.54. The standard InChI is InChI=1S/C10H20N2O6S/c1-8(2)11(3)19(15,16)12(6-9(13)17-4)7-10(14)18-5/h8H,6-7H2,1-5H3. The average Bonchev–Trinajstić information content (AvgIpc) is 2.36. The predicted molar refractivity (Wildman–Crippen MR) is 67.4 cm³/mol. The van der Waals surface area contributed by atoms with Crippen molar-refractivity contribution in [3.8, 4) is 0 Å². The summed E-state index contributed by atoms with van der Waals surface area (Å²) in [5.41, 5.74) is 0. The maximum absolute atomic E-state index is 12.2. The van der Waals surface area contributed by atoms with Crippen LogP contribution in [-0.4, -0.2) is 69.4 Å². The number of carbonyl (C=O) groups excluding carboxylic acids is 2. The van der Waals surface area contributed by atoms with Gasteiger partial charge in [0.15, 0.2) is 0 Å². The molecule has 112 valence electrons. The summed E-state index contributed by atoms with van der Waals surface area (Å²) in [4.78, 5) is 22.5. The van der Waals surface area contributed by atoms with Crippen LogP contribution in [-0.2, 0) is 29.3 Å². The molecule has 0 heterocycles. The second kappa shape index (κ2) is 7.41. The second-order valence-electron chi connectivity index (χ2n) is 4.04. The highest BCUT2D eigenvalue weighted by Gasteiger charge is 2.32. The molecule has 0 atom stereocenters. The Morgan fingerprint density at radius 3 is 1.68 bits per heavy atom. The van der Waals surface area contributed by atoms with Gasteiger partial charge < -0.3 is 9.47 Å². The van der Waals surface area contributed by atoms with Gasteiger partial charge in [-0.15, -0.1) is 0 Å². The summed E-state index contributed by atoms with van der Waals surface area (Å²) in [6.07, 6.45) is 0. The van der Waals surface area contributed by atoms with E-state index in [0.29, 0.717) is 4.31 Å². The molecule has 0 rings (SSSR count). The summed E-state index contributed by atoms with van der Waals surface area (Å²) in [6, 6.07) is -0.317. The molecule has 0 aromatic carbocycles. The van der Waals surface area contributed by atoms with E-state index < -0.39 is 35.2 Å². The zero-order chi connectivity index (χ0) is 15.2. The van der Waals surface area contributed by atoms with Crippen LogP contribution >= 0.6 is 0 Å². The molecule has 0 aliphatic rings. The average molecular weight is 296 g/mol. The Hall–Kier alpha value is -1.19. The molecule has 0 aliphatic carbocycles. The van der Waals surface area contributed by atoms with Gasteiger partial charge in [-0.05, 0) is 13.8 Å². The first kappa shape index (κ1) is 17.8. The fraction of sp³-hybridized carbons (Fsp3) is 0.800. The maximum atomic E-state index is 12.2. The summed E-state index contributed by atoms with van der Waals surface area (Å²) in [5, 5.41) is 0. The fourth-order valence-corrected chi connectivity index (χ4v) is 2.52. The minimum absolute atomic E-state index is 0.317. The molecular weight excluding hydrogens is 276 g/mol. The lowest BCUT2D eigenvalue weighted by atomic mass is 10.4. The Labute approximate surface area is 113 Å². The van der Waals surface area contributed by atoms with Gasteiger partial charge in [0.1, 0.15) is 13.1 Å². The largest absolute Gasteiger partial charge is 0.468 e. The van der Waals surface area contributed by atoms with Gasteiger partial charge in [-0.3, -0.25) is 9.59 Å². The van der Waals surface area contributed by atoms with Gasteiger partial charge in [-0.1, -0.05) is 0 Å². The Balaban J connectivity index is 5.21. The Kier molecular flexibility index (Phi) is 6.95. The Morgan fingerprint density at radius 2 is 1.42 bits per heavy atom. The van der Waals surface area contributed by atoms with Crippen molar-refractivity contribution < 1.29 is 27.5 Å². The Morgan fingerprint density at radius 1 is 1.05 bits per heavy atom. The second-order valence-corrected chi connectivity index (χ2v) is 6.03. The van der Waals surface area contributed by atoms with Crippen LogP contribution in [0, 0.1) is 0 Å². The highest BCUT2D eigenvalue weighted by Crippen LogP contribution is 2.10. The monoisotopic (exact) mass is 296 g/mol. The van der Waals surface area contributed by atoms with Crippen LogP contribution < -0.4 is 0 Å². The van der Waals surface area contributed by atoms with Crippen LogP contribution in [0.3, 0.4) is 0 Å². The van der Waals surface area contributed by atoms with Crippen molar-refractivity contribution in [2.75, 3.05) is 34.4 Å². The van der Waals surface area contributed by atoms with Gasteiger partial charge in [0.05, 0.1) is 14.2 Å². The number of hydrogen-bond donors (Lipinski definition) is 0. The smallest absolute Gasteiger partial charge is 0.321 e. The van der Waals surface area contributed by atoms with Crippen molar-refractivity contribution in [3.05, 3.63) is 0 Å². The van der Waals surface area contributed by atoms with E-state index in [1.54, 1.807) is 13.8 Å². The topological polar surface area (TPSA) is 93.2 Å². The number of ether oxygens (including phenoxy) is 2. The summed E-state index contributed by atoms with van der Waals surface area (Å²) >= 11 is 0. The minimum atomic E-state index is -3.95. The molecule has 0 aromatic rings. The van der Waals surface area contributed by atoms with Crippen molar-refractivity contribution in [2.45, 2.75) is 19.9 Å². The molecule has 0 saturated heterocycles. The maximum Gasteiger partial charge on any atom is 0.321 e. The van der Waals surface area contributed by atoms with Crippen LogP contribution in [0.4, 0.5) is 0 Å². The molecule has 9 heteroatoms. The molecule has 0 aromatic heterocycles. The van der Waals surface area contributed by atoms with Crippen molar-refractivity contribution in [3.63, 3.8) is 0 Å². The summed E-state index contributed by atoms with van der Waals surface area (Å²) in [5.74, 6) is -1.52. The molecule has 0 bridgehead atoms. The van der Waals surface area contributed by atoms with Crippen molar-refractivity contribution >= 4 is 22.1 Å². The third kappa shape index (κ3) is 5.13. The molecule has 0 radical (unpaired) electrons. The van der Waals surface area contributed by atoms with Gasteiger partial charge in [0, 0.05) is 13.1 Å². The fourth-order valence-electron chi connectivity index (χ4n) is 1.08. The van der Waals surface area contributed by atoms with E-state index in [1.807, 2.05) is 0 Å². The molecule has 8 nitrogen and oxygen atoms in total. The van der Waals surface area contributed by atoms with Crippen LogP contribution in [0.15, 0.2) is 0 Å². The molecule has 0 saturated carbocycles. The first-order valence-electron chi connectivity index (χ1n) is 5.53. The van der Waals surface area contributed by atoms with E-state index in [-0.39, 0.29) is 6.04 Å². The zero-order valence-electron chi connectivity index (χ0n) is 11.7. The molecule has 0 N–H and O–H groups in total. The molecule has 0 spiro atoms. The van der Waals surface area contributed by atoms with Crippen molar-refractivity contribution in [1.82, 2.24) is 8.61 Å². The van der Waals surface area contributed by atoms with Gasteiger partial charge in [0.25, 0.3) is 10.2 Å². The molecule has 19 heavy (non-hydrogen) atoms.